The van der Waals surface area contributed by atoms with Gasteiger partial charge in [-0.3, -0.25) is 4.55 Å². The van der Waals surface area contributed by atoms with Crippen molar-refractivity contribution >= 4 is 10.1 Å². The van der Waals surface area contributed by atoms with E-state index in [1.807, 2.05) is 11.9 Å². The van der Waals surface area contributed by atoms with Crippen LogP contribution in [0.1, 0.15) is 12.8 Å². The third kappa shape index (κ3) is 9.91. The molecule has 0 bridgehead atoms. The SMILES string of the molecule is COCCCCN(C)CCS(=O)(=O)O. The molecule has 0 atom stereocenters. The summed E-state index contributed by atoms with van der Waals surface area (Å²) in [6, 6.07) is 0. The van der Waals surface area contributed by atoms with Gasteiger partial charge in [-0.2, -0.15) is 8.42 Å². The van der Waals surface area contributed by atoms with E-state index in [9.17, 15) is 8.42 Å². The Morgan fingerprint density at radius 3 is 2.43 bits per heavy atom. The van der Waals surface area contributed by atoms with Crippen molar-refractivity contribution in [3.8, 4) is 0 Å². The minimum atomic E-state index is -3.82. The predicted octanol–water partition coefficient (Wildman–Crippen LogP) is 0.233. The van der Waals surface area contributed by atoms with E-state index in [-0.39, 0.29) is 5.75 Å². The van der Waals surface area contributed by atoms with Crippen LogP contribution < -0.4 is 0 Å². The van der Waals surface area contributed by atoms with Crippen molar-refractivity contribution in [1.82, 2.24) is 4.90 Å². The molecule has 14 heavy (non-hydrogen) atoms. The molecule has 0 aliphatic rings. The first-order chi connectivity index (χ1) is 6.45. The van der Waals surface area contributed by atoms with Gasteiger partial charge in [-0.1, -0.05) is 0 Å². The molecule has 0 radical (unpaired) electrons. The highest BCUT2D eigenvalue weighted by Crippen LogP contribution is 1.94. The average Bonchev–Trinajstić information content (AvgIpc) is 2.08. The summed E-state index contributed by atoms with van der Waals surface area (Å²) in [4.78, 5) is 1.88. The lowest BCUT2D eigenvalue weighted by molar-refractivity contribution is 0.188. The molecular formula is C8H19NO4S. The summed E-state index contributed by atoms with van der Waals surface area (Å²) in [5.41, 5.74) is 0. The number of ether oxygens (including phenoxy) is 1. The van der Waals surface area contributed by atoms with Crippen molar-refractivity contribution < 1.29 is 17.7 Å². The van der Waals surface area contributed by atoms with Crippen molar-refractivity contribution in [3.05, 3.63) is 0 Å². The molecule has 0 aromatic heterocycles. The van der Waals surface area contributed by atoms with E-state index in [1.54, 1.807) is 7.11 Å². The summed E-state index contributed by atoms with van der Waals surface area (Å²) >= 11 is 0. The number of nitrogens with zero attached hydrogens (tertiary/aromatic N) is 1. The van der Waals surface area contributed by atoms with Crippen molar-refractivity contribution in [1.29, 1.82) is 0 Å². The molecule has 0 fully saturated rings. The van der Waals surface area contributed by atoms with Crippen LogP contribution in [0.5, 0.6) is 0 Å². The normalized spacial score (nSPS) is 12.3. The monoisotopic (exact) mass is 225 g/mol. The number of methoxy groups -OCH3 is 1. The Morgan fingerprint density at radius 2 is 1.93 bits per heavy atom. The Hall–Kier alpha value is -0.170. The summed E-state index contributed by atoms with van der Waals surface area (Å²) in [6.45, 7) is 1.91. The van der Waals surface area contributed by atoms with Crippen LogP contribution in [0.3, 0.4) is 0 Å². The van der Waals surface area contributed by atoms with Gasteiger partial charge in [-0.05, 0) is 26.4 Å². The van der Waals surface area contributed by atoms with Crippen molar-refractivity contribution in [2.24, 2.45) is 0 Å². The summed E-state index contributed by atoms with van der Waals surface area (Å²) in [5.74, 6) is -0.201. The predicted molar refractivity (Wildman–Crippen MR) is 55.0 cm³/mol. The van der Waals surface area contributed by atoms with E-state index >= 15 is 0 Å². The number of hydrogen-bond acceptors (Lipinski definition) is 4. The minimum Gasteiger partial charge on any atom is -0.385 e. The number of rotatable bonds is 8. The first kappa shape index (κ1) is 13.8. The maximum atomic E-state index is 10.4. The highest BCUT2D eigenvalue weighted by molar-refractivity contribution is 7.85. The zero-order chi connectivity index (χ0) is 11.0. The van der Waals surface area contributed by atoms with E-state index < -0.39 is 10.1 Å². The van der Waals surface area contributed by atoms with Crippen molar-refractivity contribution in [2.75, 3.05) is 39.6 Å². The second-order valence-corrected chi connectivity index (χ2v) is 4.86. The van der Waals surface area contributed by atoms with E-state index in [0.29, 0.717) is 6.54 Å². The minimum absolute atomic E-state index is 0.201. The topological polar surface area (TPSA) is 66.8 Å². The van der Waals surface area contributed by atoms with Gasteiger partial charge in [0.25, 0.3) is 10.1 Å². The molecule has 0 amide bonds. The molecule has 0 saturated carbocycles. The molecule has 0 aliphatic heterocycles. The highest BCUT2D eigenvalue weighted by Gasteiger charge is 2.06. The van der Waals surface area contributed by atoms with Gasteiger partial charge < -0.3 is 9.64 Å². The molecule has 0 aromatic rings. The molecule has 0 saturated heterocycles. The molecule has 1 N–H and O–H groups in total. The molecule has 6 heteroatoms. The maximum Gasteiger partial charge on any atom is 0.266 e. The van der Waals surface area contributed by atoms with Crippen LogP contribution in [0.2, 0.25) is 0 Å². The van der Waals surface area contributed by atoms with Gasteiger partial charge in [0.05, 0.1) is 5.75 Å². The zero-order valence-corrected chi connectivity index (χ0v) is 9.59. The summed E-state index contributed by atoms with van der Waals surface area (Å²) in [6.07, 6.45) is 1.93. The van der Waals surface area contributed by atoms with Crippen LogP contribution in [0, 0.1) is 0 Å². The van der Waals surface area contributed by atoms with Crippen LogP contribution in [0.15, 0.2) is 0 Å². The molecule has 86 valence electrons. The first-order valence-corrected chi connectivity index (χ1v) is 6.19. The smallest absolute Gasteiger partial charge is 0.266 e. The second kappa shape index (κ2) is 7.17. The fourth-order valence-corrected chi connectivity index (χ4v) is 1.55. The molecular weight excluding hydrogens is 206 g/mol. The lowest BCUT2D eigenvalue weighted by Crippen LogP contribution is -2.26. The highest BCUT2D eigenvalue weighted by atomic mass is 32.2. The fourth-order valence-electron chi connectivity index (χ4n) is 1.01. The quantitative estimate of drug-likeness (QED) is 0.473. The molecule has 0 unspecified atom stereocenters. The summed E-state index contributed by atoms with van der Waals surface area (Å²) in [7, 11) is -0.335. The fraction of sp³-hybridized carbons (Fsp3) is 1.00. The lowest BCUT2D eigenvalue weighted by atomic mass is 10.3. The van der Waals surface area contributed by atoms with Crippen molar-refractivity contribution in [2.45, 2.75) is 12.8 Å². The molecule has 0 aromatic carbocycles. The van der Waals surface area contributed by atoms with Crippen LogP contribution in [-0.2, 0) is 14.9 Å². The Kier molecular flexibility index (Phi) is 7.08. The van der Waals surface area contributed by atoms with Crippen molar-refractivity contribution in [3.63, 3.8) is 0 Å². The average molecular weight is 225 g/mol. The van der Waals surface area contributed by atoms with E-state index in [1.165, 1.54) is 0 Å². The van der Waals surface area contributed by atoms with E-state index in [4.69, 9.17) is 9.29 Å². The Bertz CT molecular complexity index is 227. The van der Waals surface area contributed by atoms with Gasteiger partial charge in [-0.25, -0.2) is 0 Å². The Morgan fingerprint density at radius 1 is 1.29 bits per heavy atom. The summed E-state index contributed by atoms with van der Waals surface area (Å²) < 4.78 is 34.2. The lowest BCUT2D eigenvalue weighted by Gasteiger charge is -2.14. The van der Waals surface area contributed by atoms with Gasteiger partial charge in [0.1, 0.15) is 0 Å². The molecule has 0 spiro atoms. The number of unbranched alkanes of at least 4 members (excludes halogenated alkanes) is 1. The Balaban J connectivity index is 3.42. The summed E-state index contributed by atoms with van der Waals surface area (Å²) in [5, 5.41) is 0. The van der Waals surface area contributed by atoms with Gasteiger partial charge in [-0.15, -0.1) is 0 Å². The number of hydrogen-bond donors (Lipinski definition) is 1. The second-order valence-electron chi connectivity index (χ2n) is 3.29. The van der Waals surface area contributed by atoms with Crippen LogP contribution in [0.25, 0.3) is 0 Å². The third-order valence-electron chi connectivity index (χ3n) is 1.87. The third-order valence-corrected chi connectivity index (χ3v) is 2.57. The van der Waals surface area contributed by atoms with Gasteiger partial charge in [0.2, 0.25) is 0 Å². The standard InChI is InChI=1S/C8H19NO4S/c1-9(5-3-4-7-13-2)6-8-14(10,11)12/h3-8H2,1-2H3,(H,10,11,12). The van der Waals surface area contributed by atoms with E-state index in [0.717, 1.165) is 26.0 Å². The van der Waals surface area contributed by atoms with E-state index in [2.05, 4.69) is 0 Å². The zero-order valence-electron chi connectivity index (χ0n) is 8.77. The first-order valence-electron chi connectivity index (χ1n) is 4.58. The molecule has 0 heterocycles. The van der Waals surface area contributed by atoms with Gasteiger partial charge >= 0.3 is 0 Å². The maximum absolute atomic E-state index is 10.4. The van der Waals surface area contributed by atoms with Crippen LogP contribution in [0.4, 0.5) is 0 Å². The van der Waals surface area contributed by atoms with Gasteiger partial charge in [0, 0.05) is 20.3 Å². The molecule has 5 nitrogen and oxygen atoms in total. The van der Waals surface area contributed by atoms with Gasteiger partial charge in [0.15, 0.2) is 0 Å². The molecule has 0 aliphatic carbocycles. The molecule has 0 rings (SSSR count). The van der Waals surface area contributed by atoms with Crippen LogP contribution >= 0.6 is 0 Å². The Labute approximate surface area is 85.8 Å². The largest absolute Gasteiger partial charge is 0.385 e. The van der Waals surface area contributed by atoms with Crippen LogP contribution in [-0.4, -0.2) is 57.5 Å².